The Morgan fingerprint density at radius 2 is 2.15 bits per heavy atom. The molecule has 2 aromatic heterocycles. The molecule has 2 amide bonds. The summed E-state index contributed by atoms with van der Waals surface area (Å²) in [5.74, 6) is 0.845. The second-order valence-electron chi connectivity index (χ2n) is 6.83. The zero-order chi connectivity index (χ0) is 19.2. The van der Waals surface area contributed by atoms with Gasteiger partial charge in [-0.3, -0.25) is 30.6 Å². The van der Waals surface area contributed by atoms with Gasteiger partial charge in [-0.1, -0.05) is 19.8 Å². The second kappa shape index (κ2) is 8.63. The first-order valence-electron chi connectivity index (χ1n) is 8.92. The van der Waals surface area contributed by atoms with Gasteiger partial charge in [-0.25, -0.2) is 10.0 Å². The molecule has 144 valence electrons. The van der Waals surface area contributed by atoms with Crippen molar-refractivity contribution in [2.24, 2.45) is 11.8 Å². The Kier molecular flexibility index (Phi) is 6.02. The van der Waals surface area contributed by atoms with Crippen molar-refractivity contribution in [2.45, 2.75) is 38.6 Å². The van der Waals surface area contributed by atoms with Crippen molar-refractivity contribution < 1.29 is 19.2 Å². The highest BCUT2D eigenvalue weighted by Crippen LogP contribution is 2.32. The van der Waals surface area contributed by atoms with Gasteiger partial charge < -0.3 is 4.42 Å². The van der Waals surface area contributed by atoms with Gasteiger partial charge >= 0.3 is 0 Å². The van der Waals surface area contributed by atoms with Crippen LogP contribution in [0.2, 0.25) is 0 Å². The molecule has 1 fully saturated rings. The molecular formula is C18H23N5O4. The molecule has 0 aliphatic heterocycles. The fraction of sp³-hybridized carbons (Fsp3) is 0.444. The van der Waals surface area contributed by atoms with Crippen LogP contribution in [0.25, 0.3) is 11.5 Å². The molecule has 3 rings (SSSR count). The van der Waals surface area contributed by atoms with Gasteiger partial charge in [0, 0.05) is 0 Å². The van der Waals surface area contributed by atoms with E-state index in [4.69, 9.17) is 4.42 Å². The lowest BCUT2D eigenvalue weighted by Gasteiger charge is -2.34. The van der Waals surface area contributed by atoms with Crippen molar-refractivity contribution in [1.29, 1.82) is 0 Å². The number of nitrogens with zero attached hydrogens (tertiary/aromatic N) is 3. The van der Waals surface area contributed by atoms with Gasteiger partial charge in [0.05, 0.1) is 18.7 Å². The molecule has 3 N–H and O–H groups in total. The number of hydrazine groups is 1. The number of nitrogens with one attached hydrogen (secondary N) is 2. The van der Waals surface area contributed by atoms with Crippen molar-refractivity contribution >= 4 is 18.1 Å². The zero-order valence-corrected chi connectivity index (χ0v) is 15.0. The molecule has 9 heteroatoms. The molecule has 2 aromatic rings. The van der Waals surface area contributed by atoms with Crippen LogP contribution in [0.4, 0.5) is 5.82 Å². The molecule has 1 atom stereocenters. The van der Waals surface area contributed by atoms with Gasteiger partial charge in [-0.05, 0) is 36.8 Å². The fourth-order valence-corrected chi connectivity index (χ4v) is 3.39. The van der Waals surface area contributed by atoms with Crippen molar-refractivity contribution in [2.75, 3.05) is 5.43 Å². The predicted octanol–water partition coefficient (Wildman–Crippen LogP) is 2.22. The number of hydroxylamine groups is 2. The molecule has 0 saturated heterocycles. The molecule has 1 unspecified atom stereocenters. The van der Waals surface area contributed by atoms with E-state index in [1.54, 1.807) is 18.3 Å². The van der Waals surface area contributed by atoms with Crippen LogP contribution < -0.4 is 10.9 Å². The van der Waals surface area contributed by atoms with E-state index in [-0.39, 0.29) is 12.3 Å². The summed E-state index contributed by atoms with van der Waals surface area (Å²) < 4.78 is 5.28. The molecule has 27 heavy (non-hydrogen) atoms. The van der Waals surface area contributed by atoms with Gasteiger partial charge in [0.15, 0.2) is 11.6 Å². The van der Waals surface area contributed by atoms with Crippen LogP contribution in [0.3, 0.4) is 0 Å². The van der Waals surface area contributed by atoms with Crippen molar-refractivity contribution in [3.8, 4) is 11.5 Å². The van der Waals surface area contributed by atoms with Crippen LogP contribution in [0.15, 0.2) is 35.2 Å². The summed E-state index contributed by atoms with van der Waals surface area (Å²) >= 11 is 0. The van der Waals surface area contributed by atoms with E-state index >= 15 is 0 Å². The third-order valence-electron chi connectivity index (χ3n) is 4.89. The minimum absolute atomic E-state index is 0.0984. The topological polar surface area (TPSA) is 121 Å². The van der Waals surface area contributed by atoms with E-state index in [1.165, 1.54) is 12.5 Å². The maximum Gasteiger partial charge on any atom is 0.264 e. The van der Waals surface area contributed by atoms with Crippen molar-refractivity contribution in [3.63, 3.8) is 0 Å². The van der Waals surface area contributed by atoms with Crippen LogP contribution in [-0.2, 0) is 9.59 Å². The molecule has 1 aliphatic rings. The second-order valence-corrected chi connectivity index (χ2v) is 6.83. The number of carbonyl (C=O) groups excluding carboxylic acids is 2. The summed E-state index contributed by atoms with van der Waals surface area (Å²) in [5, 5.41) is 10.4. The Morgan fingerprint density at radius 1 is 1.37 bits per heavy atom. The Labute approximate surface area is 156 Å². The summed E-state index contributed by atoms with van der Waals surface area (Å²) in [6.45, 7) is 2.16. The third kappa shape index (κ3) is 4.62. The van der Waals surface area contributed by atoms with Gasteiger partial charge in [-0.2, -0.15) is 0 Å². The highest BCUT2D eigenvalue weighted by molar-refractivity contribution is 5.84. The number of aromatic nitrogens is 2. The minimum atomic E-state index is -0.955. The molecule has 0 aromatic carbocycles. The van der Waals surface area contributed by atoms with E-state index in [9.17, 15) is 14.8 Å². The van der Waals surface area contributed by atoms with Crippen LogP contribution in [-0.4, -0.2) is 38.6 Å². The molecule has 1 saturated carbocycles. The molecule has 2 heterocycles. The van der Waals surface area contributed by atoms with Crippen molar-refractivity contribution in [1.82, 2.24) is 20.5 Å². The van der Waals surface area contributed by atoms with E-state index in [2.05, 4.69) is 27.7 Å². The molecule has 1 aliphatic carbocycles. The number of rotatable bonds is 7. The molecule has 0 radical (unpaired) electrons. The number of hydrogen-bond acceptors (Lipinski definition) is 7. The number of hydrogen-bond donors (Lipinski definition) is 3. The summed E-state index contributed by atoms with van der Waals surface area (Å²) in [7, 11) is 0. The Hall–Kier alpha value is -2.94. The Morgan fingerprint density at radius 3 is 2.81 bits per heavy atom. The Bertz CT molecular complexity index is 759. The third-order valence-corrected chi connectivity index (χ3v) is 4.89. The number of anilines is 1. The highest BCUT2D eigenvalue weighted by Gasteiger charge is 2.35. The number of amides is 2. The SMILES string of the molecule is CC1CCC(C(C(=O)NNc2cncc(-c3ccco3)n2)N(O)C=O)CC1. The monoisotopic (exact) mass is 373 g/mol. The first-order chi connectivity index (χ1) is 13.1. The van der Waals surface area contributed by atoms with Crippen molar-refractivity contribution in [3.05, 3.63) is 30.8 Å². The Balaban J connectivity index is 1.65. The standard InChI is InChI=1S/C18H23N5O4/c1-12-4-6-13(7-5-12)17(23(26)11-24)18(25)22-21-16-10-19-9-14(20-16)15-3-2-8-27-15/h2-3,8-13,17,26H,4-7H2,1H3,(H,20,21)(H,22,25). The van der Waals surface area contributed by atoms with E-state index in [0.717, 1.165) is 25.7 Å². The maximum atomic E-state index is 12.6. The first-order valence-corrected chi connectivity index (χ1v) is 8.92. The number of furan rings is 1. The van der Waals surface area contributed by atoms with Crippen LogP contribution >= 0.6 is 0 Å². The number of carbonyl (C=O) groups is 2. The average molecular weight is 373 g/mol. The van der Waals surface area contributed by atoms with Crippen LogP contribution in [0.5, 0.6) is 0 Å². The van der Waals surface area contributed by atoms with E-state index in [1.807, 2.05) is 0 Å². The summed E-state index contributed by atoms with van der Waals surface area (Å²) in [6.07, 6.45) is 8.26. The first kappa shape index (κ1) is 18.8. The van der Waals surface area contributed by atoms with E-state index in [0.29, 0.717) is 28.3 Å². The van der Waals surface area contributed by atoms with Gasteiger partial charge in [0.1, 0.15) is 11.7 Å². The average Bonchev–Trinajstić information content (AvgIpc) is 3.23. The van der Waals surface area contributed by atoms with Gasteiger partial charge in [-0.15, -0.1) is 0 Å². The van der Waals surface area contributed by atoms with Crippen LogP contribution in [0, 0.1) is 11.8 Å². The summed E-state index contributed by atoms with van der Waals surface area (Å²) in [5.41, 5.74) is 5.71. The van der Waals surface area contributed by atoms with Gasteiger partial charge in [0.25, 0.3) is 5.91 Å². The largest absolute Gasteiger partial charge is 0.463 e. The zero-order valence-electron chi connectivity index (χ0n) is 15.0. The molecule has 0 spiro atoms. The lowest BCUT2D eigenvalue weighted by molar-refractivity contribution is -0.173. The lowest BCUT2D eigenvalue weighted by Crippen LogP contribution is -2.51. The molecule has 0 bridgehead atoms. The van der Waals surface area contributed by atoms with Crippen LogP contribution in [0.1, 0.15) is 32.6 Å². The normalized spacial score (nSPS) is 20.5. The highest BCUT2D eigenvalue weighted by atomic mass is 16.5. The quantitative estimate of drug-likeness (QED) is 0.386. The molecule has 9 nitrogen and oxygen atoms in total. The summed E-state index contributed by atoms with van der Waals surface area (Å²) in [6, 6.07) is 2.54. The predicted molar refractivity (Wildman–Crippen MR) is 96.1 cm³/mol. The summed E-state index contributed by atoms with van der Waals surface area (Å²) in [4.78, 5) is 32.0. The minimum Gasteiger partial charge on any atom is -0.463 e. The smallest absolute Gasteiger partial charge is 0.264 e. The molecular weight excluding hydrogens is 350 g/mol. The van der Waals surface area contributed by atoms with Gasteiger partial charge in [0.2, 0.25) is 6.41 Å². The van der Waals surface area contributed by atoms with E-state index < -0.39 is 11.9 Å². The maximum absolute atomic E-state index is 12.6. The fourth-order valence-electron chi connectivity index (χ4n) is 3.39. The lowest BCUT2D eigenvalue weighted by atomic mass is 9.79.